The summed E-state index contributed by atoms with van der Waals surface area (Å²) in [5.74, 6) is 2.28. The molecular weight excluding hydrogens is 480 g/mol. The standard InChI is InChI=1S/C29H32N6O3/c1-4-27(28-31-32-33-35(28)19-25-7-6-14-38-25)34(17-21-10-8-20(3)9-11-21)18-23-15-22-16-24(37-5-2)12-13-26(22)30-29(23)36/h6-16,27H,4-5,17-19H2,1-3H3,(H,30,36)/t27-/m0/s1. The van der Waals surface area contributed by atoms with E-state index in [1.807, 2.05) is 43.3 Å². The molecule has 196 valence electrons. The van der Waals surface area contributed by atoms with Crippen molar-refractivity contribution < 1.29 is 9.15 Å². The highest BCUT2D eigenvalue weighted by molar-refractivity contribution is 5.80. The number of benzene rings is 2. The van der Waals surface area contributed by atoms with Gasteiger partial charge in [-0.25, -0.2) is 4.68 Å². The summed E-state index contributed by atoms with van der Waals surface area (Å²) in [5.41, 5.74) is 3.69. The minimum absolute atomic E-state index is 0.111. The van der Waals surface area contributed by atoms with Gasteiger partial charge in [0.2, 0.25) is 0 Å². The third-order valence-corrected chi connectivity index (χ3v) is 6.65. The van der Waals surface area contributed by atoms with Crippen LogP contribution in [0.5, 0.6) is 5.75 Å². The number of aromatic amines is 1. The Morgan fingerprint density at radius 3 is 2.66 bits per heavy atom. The van der Waals surface area contributed by atoms with Gasteiger partial charge in [0.25, 0.3) is 5.56 Å². The van der Waals surface area contributed by atoms with E-state index < -0.39 is 0 Å². The zero-order chi connectivity index (χ0) is 26.5. The van der Waals surface area contributed by atoms with Crippen LogP contribution in [0.1, 0.15) is 54.6 Å². The van der Waals surface area contributed by atoms with Gasteiger partial charge >= 0.3 is 0 Å². The van der Waals surface area contributed by atoms with Gasteiger partial charge < -0.3 is 14.1 Å². The lowest BCUT2D eigenvalue weighted by Gasteiger charge is -2.30. The van der Waals surface area contributed by atoms with Crippen molar-refractivity contribution >= 4 is 10.9 Å². The van der Waals surface area contributed by atoms with E-state index in [0.29, 0.717) is 31.8 Å². The number of H-pyrrole nitrogens is 1. The fourth-order valence-electron chi connectivity index (χ4n) is 4.74. The van der Waals surface area contributed by atoms with E-state index in [1.165, 1.54) is 5.56 Å². The van der Waals surface area contributed by atoms with Gasteiger partial charge in [-0.1, -0.05) is 36.8 Å². The van der Waals surface area contributed by atoms with Gasteiger partial charge in [0.15, 0.2) is 5.82 Å². The molecule has 9 heteroatoms. The van der Waals surface area contributed by atoms with Gasteiger partial charge in [-0.15, -0.1) is 5.10 Å². The average Bonchev–Trinajstić information content (AvgIpc) is 3.59. The van der Waals surface area contributed by atoms with Crippen LogP contribution >= 0.6 is 0 Å². The maximum atomic E-state index is 13.2. The van der Waals surface area contributed by atoms with Gasteiger partial charge in [0, 0.05) is 29.6 Å². The van der Waals surface area contributed by atoms with Crippen molar-refractivity contribution in [3.63, 3.8) is 0 Å². The van der Waals surface area contributed by atoms with Gasteiger partial charge in [0.05, 0.1) is 18.9 Å². The first-order chi connectivity index (χ1) is 18.5. The van der Waals surface area contributed by atoms with Crippen LogP contribution in [0.15, 0.2) is 76.1 Å². The highest BCUT2D eigenvalue weighted by atomic mass is 16.5. The van der Waals surface area contributed by atoms with Crippen LogP contribution in [0, 0.1) is 6.92 Å². The molecule has 9 nitrogen and oxygen atoms in total. The van der Waals surface area contributed by atoms with E-state index >= 15 is 0 Å². The molecule has 0 radical (unpaired) electrons. The van der Waals surface area contributed by atoms with Crippen molar-refractivity contribution in [3.8, 4) is 5.75 Å². The zero-order valence-corrected chi connectivity index (χ0v) is 21.9. The summed E-state index contributed by atoms with van der Waals surface area (Å²) in [6.45, 7) is 8.20. The van der Waals surface area contributed by atoms with Gasteiger partial charge in [-0.2, -0.15) is 0 Å². The molecule has 0 aliphatic carbocycles. The molecule has 0 unspecified atom stereocenters. The van der Waals surface area contributed by atoms with E-state index in [-0.39, 0.29) is 11.6 Å². The monoisotopic (exact) mass is 512 g/mol. The van der Waals surface area contributed by atoms with Gasteiger partial charge in [0.1, 0.15) is 18.1 Å². The number of furan rings is 1. The van der Waals surface area contributed by atoms with Crippen LogP contribution in [-0.4, -0.2) is 36.7 Å². The van der Waals surface area contributed by atoms with E-state index in [9.17, 15) is 4.79 Å². The molecule has 0 aliphatic rings. The molecule has 5 aromatic rings. The molecule has 1 N–H and O–H groups in total. The first-order valence-electron chi connectivity index (χ1n) is 12.9. The van der Waals surface area contributed by atoms with Crippen LogP contribution < -0.4 is 10.3 Å². The topological polar surface area (TPSA) is 102 Å². The second-order valence-corrected chi connectivity index (χ2v) is 9.39. The Morgan fingerprint density at radius 1 is 1.08 bits per heavy atom. The predicted octanol–water partition coefficient (Wildman–Crippen LogP) is 5.02. The van der Waals surface area contributed by atoms with Crippen molar-refractivity contribution in [2.45, 2.75) is 52.9 Å². The molecule has 3 aromatic heterocycles. The number of hydrogen-bond acceptors (Lipinski definition) is 7. The van der Waals surface area contributed by atoms with Crippen LogP contribution in [0.4, 0.5) is 0 Å². The fourth-order valence-corrected chi connectivity index (χ4v) is 4.74. The average molecular weight is 513 g/mol. The molecule has 0 aliphatic heterocycles. The second kappa shape index (κ2) is 11.4. The van der Waals surface area contributed by atoms with Crippen LogP contribution in [0.2, 0.25) is 0 Å². The molecule has 5 rings (SSSR count). The minimum Gasteiger partial charge on any atom is -0.494 e. The number of tetrazole rings is 1. The van der Waals surface area contributed by atoms with Crippen molar-refractivity contribution in [1.82, 2.24) is 30.1 Å². The molecule has 0 fully saturated rings. The first kappa shape index (κ1) is 25.4. The molecule has 0 bridgehead atoms. The number of aromatic nitrogens is 5. The van der Waals surface area contributed by atoms with Crippen molar-refractivity contribution in [2.75, 3.05) is 6.61 Å². The van der Waals surface area contributed by atoms with Crippen molar-refractivity contribution in [2.24, 2.45) is 0 Å². The summed E-state index contributed by atoms with van der Waals surface area (Å²) < 4.78 is 13.0. The summed E-state index contributed by atoms with van der Waals surface area (Å²) in [5, 5.41) is 13.6. The smallest absolute Gasteiger partial charge is 0.252 e. The lowest BCUT2D eigenvalue weighted by molar-refractivity contribution is 0.161. The van der Waals surface area contributed by atoms with Crippen LogP contribution in [-0.2, 0) is 19.6 Å². The molecule has 0 saturated heterocycles. The fraction of sp³-hybridized carbons (Fsp3) is 0.310. The van der Waals surface area contributed by atoms with E-state index in [2.05, 4.69) is 63.5 Å². The highest BCUT2D eigenvalue weighted by Crippen LogP contribution is 2.27. The zero-order valence-electron chi connectivity index (χ0n) is 21.9. The minimum atomic E-state index is -0.133. The molecular formula is C29H32N6O3. The maximum absolute atomic E-state index is 13.2. The third kappa shape index (κ3) is 5.68. The molecule has 2 aromatic carbocycles. The number of fused-ring (bicyclic) bond motifs is 1. The number of nitrogens with one attached hydrogen (secondary N) is 1. The number of aryl methyl sites for hydroxylation is 1. The quantitative estimate of drug-likeness (QED) is 0.265. The van der Waals surface area contributed by atoms with Gasteiger partial charge in [-0.3, -0.25) is 9.69 Å². The van der Waals surface area contributed by atoms with Crippen LogP contribution in [0.25, 0.3) is 10.9 Å². The summed E-state index contributed by atoms with van der Waals surface area (Å²) in [7, 11) is 0. The maximum Gasteiger partial charge on any atom is 0.252 e. The summed E-state index contributed by atoms with van der Waals surface area (Å²) in [6.07, 6.45) is 2.40. The van der Waals surface area contributed by atoms with E-state index in [0.717, 1.165) is 40.2 Å². The van der Waals surface area contributed by atoms with E-state index in [4.69, 9.17) is 9.15 Å². The number of hydrogen-bond donors (Lipinski definition) is 1. The molecule has 38 heavy (non-hydrogen) atoms. The van der Waals surface area contributed by atoms with Gasteiger partial charge in [-0.05, 0) is 72.7 Å². The van der Waals surface area contributed by atoms with Crippen molar-refractivity contribution in [1.29, 1.82) is 0 Å². The SMILES string of the molecule is CCOc1ccc2[nH]c(=O)c(CN(Cc3ccc(C)cc3)[C@@H](CC)c3nnnn3Cc3ccco3)cc2c1. The summed E-state index contributed by atoms with van der Waals surface area (Å²) in [4.78, 5) is 18.5. The molecule has 3 heterocycles. The Balaban J connectivity index is 1.52. The Morgan fingerprint density at radius 2 is 1.92 bits per heavy atom. The second-order valence-electron chi connectivity index (χ2n) is 9.39. The first-order valence-corrected chi connectivity index (χ1v) is 12.9. The largest absolute Gasteiger partial charge is 0.494 e. The van der Waals surface area contributed by atoms with E-state index in [1.54, 1.807) is 10.9 Å². The number of rotatable bonds is 11. The molecule has 0 amide bonds. The highest BCUT2D eigenvalue weighted by Gasteiger charge is 2.26. The summed E-state index contributed by atoms with van der Waals surface area (Å²) >= 11 is 0. The Labute approximate surface area is 221 Å². The number of pyridine rings is 1. The number of ether oxygens (including phenoxy) is 1. The lowest BCUT2D eigenvalue weighted by Crippen LogP contribution is -2.32. The normalized spacial score (nSPS) is 12.3. The van der Waals surface area contributed by atoms with Crippen LogP contribution in [0.3, 0.4) is 0 Å². The molecule has 0 spiro atoms. The lowest BCUT2D eigenvalue weighted by atomic mass is 10.1. The predicted molar refractivity (Wildman–Crippen MR) is 145 cm³/mol. The Hall–Kier alpha value is -4.24. The summed E-state index contributed by atoms with van der Waals surface area (Å²) in [6, 6.07) is 19.8. The third-order valence-electron chi connectivity index (χ3n) is 6.65. The van der Waals surface area contributed by atoms with Crippen molar-refractivity contribution in [3.05, 3.63) is 106 Å². The Kier molecular flexibility index (Phi) is 7.65. The molecule has 1 atom stereocenters. The Bertz CT molecular complexity index is 1540. The molecule has 0 saturated carbocycles. The number of nitrogens with zero attached hydrogens (tertiary/aromatic N) is 5.